The second kappa shape index (κ2) is 7.82. The van der Waals surface area contributed by atoms with E-state index in [4.69, 9.17) is 4.74 Å². The topological polar surface area (TPSA) is 79.7 Å². The first-order valence-corrected chi connectivity index (χ1v) is 9.68. The summed E-state index contributed by atoms with van der Waals surface area (Å²) in [5.41, 5.74) is 0.138. The van der Waals surface area contributed by atoms with Crippen LogP contribution < -0.4 is 10.2 Å². The van der Waals surface area contributed by atoms with Crippen LogP contribution in [0.1, 0.15) is 19.3 Å². The Kier molecular flexibility index (Phi) is 5.23. The number of hydrogen-bond donors (Lipinski definition) is 1. The van der Waals surface area contributed by atoms with E-state index in [1.165, 1.54) is 24.3 Å². The Bertz CT molecular complexity index is 890. The fourth-order valence-electron chi connectivity index (χ4n) is 4.12. The molecule has 0 bridgehead atoms. The highest BCUT2D eigenvalue weighted by Crippen LogP contribution is 2.40. The quantitative estimate of drug-likeness (QED) is 0.853. The van der Waals surface area contributed by atoms with Crippen LogP contribution in [0.3, 0.4) is 0 Å². The van der Waals surface area contributed by atoms with Gasteiger partial charge in [-0.2, -0.15) is 5.10 Å². The van der Waals surface area contributed by atoms with Gasteiger partial charge in [0.05, 0.1) is 31.3 Å². The Morgan fingerprint density at radius 3 is 2.66 bits per heavy atom. The van der Waals surface area contributed by atoms with Gasteiger partial charge in [0.2, 0.25) is 5.91 Å². The third kappa shape index (κ3) is 3.69. The molecule has 154 valence electrons. The number of nitrogens with one attached hydrogen (secondary N) is 1. The molecule has 2 aliphatic heterocycles. The summed E-state index contributed by atoms with van der Waals surface area (Å²) in [6, 6.07) is 7.30. The summed E-state index contributed by atoms with van der Waals surface area (Å²) in [5, 5.41) is 7.29. The maximum absolute atomic E-state index is 13.0. The van der Waals surface area contributed by atoms with Gasteiger partial charge >= 0.3 is 6.03 Å². The van der Waals surface area contributed by atoms with Crippen molar-refractivity contribution < 1.29 is 18.7 Å². The fraction of sp³-hybridized carbons (Fsp3) is 0.450. The van der Waals surface area contributed by atoms with Gasteiger partial charge < -0.3 is 15.0 Å². The minimum Gasteiger partial charge on any atom is -0.383 e. The second-order valence-electron chi connectivity index (χ2n) is 7.46. The van der Waals surface area contributed by atoms with Crippen molar-refractivity contribution in [3.63, 3.8) is 0 Å². The molecule has 0 saturated carbocycles. The molecule has 0 radical (unpaired) electrons. The summed E-state index contributed by atoms with van der Waals surface area (Å²) in [5.74, 6) is 0.487. The van der Waals surface area contributed by atoms with E-state index in [1.54, 1.807) is 23.1 Å². The number of fused-ring (bicyclic) bond motifs is 2. The predicted octanol–water partition coefficient (Wildman–Crippen LogP) is 2.43. The minimum absolute atomic E-state index is 0.0549. The van der Waals surface area contributed by atoms with Gasteiger partial charge in [-0.05, 0) is 37.1 Å². The highest BCUT2D eigenvalue weighted by atomic mass is 19.1. The summed E-state index contributed by atoms with van der Waals surface area (Å²) < 4.78 is 20.1. The molecule has 29 heavy (non-hydrogen) atoms. The minimum atomic E-state index is -0.411. The lowest BCUT2D eigenvalue weighted by Crippen LogP contribution is -2.55. The van der Waals surface area contributed by atoms with Crippen LogP contribution in [0, 0.1) is 5.82 Å². The molecule has 0 aliphatic carbocycles. The third-order valence-electron chi connectivity index (χ3n) is 5.73. The molecule has 9 heteroatoms. The standard InChI is InChI=1S/C20H24FN5O3/c1-29-13-12-25-17-6-9-22-26(17)20(14-18(25)27)7-10-24(11-8-20)19(28)23-16-4-2-15(21)3-5-16/h2-6,9H,7-8,10-14H2,1H3,(H,23,28). The molecular formula is C20H24FN5O3. The van der Waals surface area contributed by atoms with Crippen LogP contribution in [-0.2, 0) is 15.1 Å². The number of benzene rings is 1. The van der Waals surface area contributed by atoms with Crippen molar-refractivity contribution in [1.82, 2.24) is 14.7 Å². The van der Waals surface area contributed by atoms with Gasteiger partial charge in [0.1, 0.15) is 11.6 Å². The van der Waals surface area contributed by atoms with Crippen LogP contribution >= 0.6 is 0 Å². The molecule has 8 nitrogen and oxygen atoms in total. The fourth-order valence-corrected chi connectivity index (χ4v) is 4.12. The number of rotatable bonds is 4. The maximum atomic E-state index is 13.0. The summed E-state index contributed by atoms with van der Waals surface area (Å²) in [4.78, 5) is 28.8. The summed E-state index contributed by atoms with van der Waals surface area (Å²) >= 11 is 0. The summed E-state index contributed by atoms with van der Waals surface area (Å²) in [6.45, 7) is 1.97. The number of carbonyl (C=O) groups excluding carboxylic acids is 2. The second-order valence-corrected chi connectivity index (χ2v) is 7.46. The van der Waals surface area contributed by atoms with E-state index >= 15 is 0 Å². The van der Waals surface area contributed by atoms with Gasteiger partial charge in [-0.3, -0.25) is 9.69 Å². The van der Waals surface area contributed by atoms with Gasteiger partial charge in [-0.25, -0.2) is 13.9 Å². The smallest absolute Gasteiger partial charge is 0.321 e. The van der Waals surface area contributed by atoms with E-state index < -0.39 is 5.54 Å². The van der Waals surface area contributed by atoms with Gasteiger partial charge in [0.25, 0.3) is 0 Å². The molecule has 1 spiro atoms. The lowest BCUT2D eigenvalue weighted by atomic mass is 9.82. The zero-order valence-electron chi connectivity index (χ0n) is 16.3. The van der Waals surface area contributed by atoms with E-state index in [0.29, 0.717) is 51.2 Å². The van der Waals surface area contributed by atoms with E-state index in [2.05, 4.69) is 10.4 Å². The molecule has 1 N–H and O–H groups in total. The zero-order valence-corrected chi connectivity index (χ0v) is 16.3. The summed E-state index contributed by atoms with van der Waals surface area (Å²) in [6.07, 6.45) is 3.35. The van der Waals surface area contributed by atoms with Crippen LogP contribution in [0.2, 0.25) is 0 Å². The van der Waals surface area contributed by atoms with Crippen molar-refractivity contribution in [2.45, 2.75) is 24.8 Å². The number of carbonyl (C=O) groups is 2. The van der Waals surface area contributed by atoms with E-state index in [-0.39, 0.29) is 17.8 Å². The van der Waals surface area contributed by atoms with Gasteiger partial charge in [-0.1, -0.05) is 0 Å². The molecule has 1 fully saturated rings. The lowest BCUT2D eigenvalue weighted by molar-refractivity contribution is -0.123. The molecule has 4 rings (SSSR count). The molecule has 2 aliphatic rings. The molecule has 3 heterocycles. The molecule has 2 aromatic rings. The molecule has 0 atom stereocenters. The van der Waals surface area contributed by atoms with Crippen LogP contribution in [0.25, 0.3) is 0 Å². The number of nitrogens with zero attached hydrogens (tertiary/aromatic N) is 4. The Morgan fingerprint density at radius 1 is 1.24 bits per heavy atom. The van der Waals surface area contributed by atoms with Crippen molar-refractivity contribution in [3.8, 4) is 0 Å². The number of aromatic nitrogens is 2. The van der Waals surface area contributed by atoms with Crippen molar-refractivity contribution >= 4 is 23.4 Å². The molecular weight excluding hydrogens is 377 g/mol. The van der Waals surface area contributed by atoms with Crippen LogP contribution in [0.15, 0.2) is 36.5 Å². The summed E-state index contributed by atoms with van der Waals surface area (Å²) in [7, 11) is 1.61. The van der Waals surface area contributed by atoms with Gasteiger partial charge in [-0.15, -0.1) is 0 Å². The molecule has 0 unspecified atom stereocenters. The number of anilines is 2. The first kappa shape index (κ1) is 19.4. The van der Waals surface area contributed by atoms with Crippen LogP contribution in [-0.4, -0.2) is 60.0 Å². The largest absolute Gasteiger partial charge is 0.383 e. The number of amides is 3. The Balaban J connectivity index is 1.45. The number of ether oxygens (including phenoxy) is 1. The Hall–Kier alpha value is -2.94. The molecule has 1 saturated heterocycles. The van der Waals surface area contributed by atoms with Crippen molar-refractivity contribution in [2.75, 3.05) is 43.6 Å². The van der Waals surface area contributed by atoms with Crippen LogP contribution in [0.5, 0.6) is 0 Å². The highest BCUT2D eigenvalue weighted by molar-refractivity contribution is 5.95. The molecule has 3 amide bonds. The number of halogens is 1. The number of urea groups is 1. The SMILES string of the molecule is COCCN1C(=O)CC2(CCN(C(=O)Nc3ccc(F)cc3)CC2)n2nccc21. The van der Waals surface area contributed by atoms with Crippen LogP contribution in [0.4, 0.5) is 20.7 Å². The number of piperidine rings is 1. The van der Waals surface area contributed by atoms with Crippen molar-refractivity contribution in [1.29, 1.82) is 0 Å². The number of hydrogen-bond acceptors (Lipinski definition) is 4. The van der Waals surface area contributed by atoms with Crippen molar-refractivity contribution in [3.05, 3.63) is 42.3 Å². The van der Waals surface area contributed by atoms with E-state index in [0.717, 1.165) is 5.82 Å². The highest BCUT2D eigenvalue weighted by Gasteiger charge is 2.46. The van der Waals surface area contributed by atoms with E-state index in [1.807, 2.05) is 10.7 Å². The Morgan fingerprint density at radius 2 is 1.97 bits per heavy atom. The zero-order chi connectivity index (χ0) is 20.4. The van der Waals surface area contributed by atoms with Crippen molar-refractivity contribution in [2.24, 2.45) is 0 Å². The average Bonchev–Trinajstić information content (AvgIpc) is 3.21. The normalized spacial score (nSPS) is 18.1. The Labute approximate surface area is 168 Å². The van der Waals surface area contributed by atoms with Gasteiger partial charge in [0, 0.05) is 32.0 Å². The first-order valence-electron chi connectivity index (χ1n) is 9.68. The molecule has 1 aromatic carbocycles. The third-order valence-corrected chi connectivity index (χ3v) is 5.73. The van der Waals surface area contributed by atoms with E-state index in [9.17, 15) is 14.0 Å². The lowest BCUT2D eigenvalue weighted by Gasteiger charge is -2.46. The monoisotopic (exact) mass is 401 g/mol. The number of likely N-dealkylation sites (tertiary alicyclic amines) is 1. The number of methoxy groups -OCH3 is 1. The van der Waals surface area contributed by atoms with Gasteiger partial charge in [0.15, 0.2) is 0 Å². The molecule has 1 aromatic heterocycles. The average molecular weight is 401 g/mol. The predicted molar refractivity (Wildman–Crippen MR) is 105 cm³/mol. The first-order chi connectivity index (χ1) is 14.0. The maximum Gasteiger partial charge on any atom is 0.321 e.